The van der Waals surface area contributed by atoms with Gasteiger partial charge in [-0.25, -0.2) is 28.9 Å². The van der Waals surface area contributed by atoms with E-state index >= 15 is 0 Å². The van der Waals surface area contributed by atoms with E-state index in [9.17, 15) is 38.7 Å². The first kappa shape index (κ1) is 47.9. The van der Waals surface area contributed by atoms with E-state index in [0.29, 0.717) is 19.3 Å². The Morgan fingerprint density at radius 2 is 1.59 bits per heavy atom. The summed E-state index contributed by atoms with van der Waals surface area (Å²) in [5, 5.41) is 26.7. The van der Waals surface area contributed by atoms with Gasteiger partial charge < -0.3 is 50.5 Å². The molecule has 2 aromatic heterocycles. The van der Waals surface area contributed by atoms with E-state index in [1.807, 2.05) is 0 Å². The summed E-state index contributed by atoms with van der Waals surface area (Å²) in [6, 6.07) is -0.141. The highest BCUT2D eigenvalue weighted by Crippen LogP contribution is 2.60. The normalized spacial score (nSPS) is 26.4. The molecule has 3 saturated heterocycles. The zero-order valence-corrected chi connectivity index (χ0v) is 35.4. The molecule has 3 aliphatic rings. The summed E-state index contributed by atoms with van der Waals surface area (Å²) in [4.78, 5) is 59.9. The van der Waals surface area contributed by atoms with Gasteiger partial charge in [-0.1, -0.05) is 48.0 Å². The quantitative estimate of drug-likeness (QED) is 0.0643. The number of amides is 2. The zero-order chi connectivity index (χ0) is 41.6. The molecule has 0 spiro atoms. The largest absolute Gasteiger partial charge is 0.538 e. The van der Waals surface area contributed by atoms with Crippen molar-refractivity contribution in [2.75, 3.05) is 57.4 Å². The second-order valence-electron chi connectivity index (χ2n) is 13.0. The molecule has 56 heavy (non-hydrogen) atoms. The Labute approximate surface area is 331 Å². The number of urea groups is 1. The SMILES string of the molecule is CCN(CC)CC.CCN(CC)CC.Nc1ncnc2c1ncn2C1OC(COP(=O)(O)OP(=O)(O)OC(=O)CCCC[C@@H]2SCC3NC(=O)NC32)C(O)C1O. The number of nitrogens with one attached hydrogen (secondary N) is 2. The molecule has 2 amide bonds. The minimum Gasteiger partial charge on any atom is -0.387 e. The van der Waals surface area contributed by atoms with Crippen LogP contribution in [0.2, 0.25) is 0 Å². The fourth-order valence-corrected chi connectivity index (χ4v) is 9.86. The van der Waals surface area contributed by atoms with Gasteiger partial charge in [0, 0.05) is 17.4 Å². The van der Waals surface area contributed by atoms with Crippen molar-refractivity contribution in [2.24, 2.45) is 0 Å². The number of nitrogen functional groups attached to an aromatic ring is 1. The number of aliphatic hydroxyl groups is 2. The zero-order valence-electron chi connectivity index (χ0n) is 32.8. The third-order valence-corrected chi connectivity index (χ3v) is 13.6. The van der Waals surface area contributed by atoms with Gasteiger partial charge in [-0.05, 0) is 52.1 Å². The van der Waals surface area contributed by atoms with Crippen LogP contribution in [-0.2, 0) is 32.0 Å². The van der Waals surface area contributed by atoms with Gasteiger partial charge in [-0.3, -0.25) is 18.8 Å². The van der Waals surface area contributed by atoms with Gasteiger partial charge in [0.15, 0.2) is 17.7 Å². The first-order chi connectivity index (χ1) is 26.5. The number of nitrogens with two attached hydrogens (primary N) is 1. The molecule has 0 bridgehead atoms. The van der Waals surface area contributed by atoms with Gasteiger partial charge in [0.25, 0.3) is 0 Å². The molecule has 0 saturated carbocycles. The lowest BCUT2D eigenvalue weighted by atomic mass is 10.0. The van der Waals surface area contributed by atoms with E-state index in [1.54, 1.807) is 11.8 Å². The van der Waals surface area contributed by atoms with Crippen LogP contribution < -0.4 is 16.4 Å². The smallest absolute Gasteiger partial charge is 0.387 e. The number of phosphoric ester groups is 2. The van der Waals surface area contributed by atoms with Gasteiger partial charge in [0.1, 0.15) is 30.2 Å². The number of imidazole rings is 1. The maximum atomic E-state index is 12.3. The molecule has 21 nitrogen and oxygen atoms in total. The number of unbranched alkanes of at least 4 members (excludes halogenated alkanes) is 1. The summed E-state index contributed by atoms with van der Waals surface area (Å²) < 4.78 is 44.6. The molecule has 8 N–H and O–H groups in total. The van der Waals surface area contributed by atoms with Crippen LogP contribution in [0.1, 0.15) is 73.5 Å². The predicted molar refractivity (Wildman–Crippen MR) is 209 cm³/mol. The molecule has 24 heteroatoms. The van der Waals surface area contributed by atoms with E-state index in [4.69, 9.17) is 10.5 Å². The average molecular weight is 856 g/mol. The Hall–Kier alpha value is -2.46. The Kier molecular flexibility index (Phi) is 19.4. The molecule has 5 rings (SSSR count). The van der Waals surface area contributed by atoms with E-state index in [0.717, 1.165) is 12.1 Å². The molecule has 3 aliphatic heterocycles. The van der Waals surface area contributed by atoms with Crippen molar-refractivity contribution in [1.82, 2.24) is 40.0 Å². The highest BCUT2D eigenvalue weighted by Gasteiger charge is 2.47. The van der Waals surface area contributed by atoms with Crippen molar-refractivity contribution in [3.05, 3.63) is 12.7 Å². The van der Waals surface area contributed by atoms with E-state index in [-0.39, 0.29) is 46.8 Å². The summed E-state index contributed by atoms with van der Waals surface area (Å²) >= 11 is 1.70. The Morgan fingerprint density at radius 3 is 2.18 bits per heavy atom. The average Bonchev–Trinajstić information content (AvgIpc) is 3.91. The van der Waals surface area contributed by atoms with Crippen molar-refractivity contribution >= 4 is 56.4 Å². The third kappa shape index (κ3) is 13.8. The fourth-order valence-electron chi connectivity index (χ4n) is 6.27. The van der Waals surface area contributed by atoms with Crippen LogP contribution >= 0.6 is 27.4 Å². The summed E-state index contributed by atoms with van der Waals surface area (Å²) in [5.74, 6) is -0.283. The summed E-state index contributed by atoms with van der Waals surface area (Å²) in [7, 11) is -10.7. The number of aromatic nitrogens is 4. The summed E-state index contributed by atoms with van der Waals surface area (Å²) in [6.07, 6.45) is -2.13. The van der Waals surface area contributed by atoms with E-state index < -0.39 is 52.8 Å². The number of phosphoric acid groups is 2. The number of carbonyl (C=O) groups excluding carboxylic acids is 2. The Balaban J connectivity index is 0.000000512. The van der Waals surface area contributed by atoms with Crippen LogP contribution in [0.25, 0.3) is 11.2 Å². The first-order valence-corrected chi connectivity index (χ1v) is 22.9. The second kappa shape index (κ2) is 22.6. The monoisotopic (exact) mass is 855 g/mol. The lowest BCUT2D eigenvalue weighted by Gasteiger charge is -2.19. The molecule has 2 aromatic rings. The van der Waals surface area contributed by atoms with E-state index in [2.05, 4.69) is 90.3 Å². The molecule has 320 valence electrons. The number of ether oxygens (including phenoxy) is 1. The molecule has 0 aromatic carbocycles. The number of aliphatic hydroxyl groups excluding tert-OH is 2. The van der Waals surface area contributed by atoms with Crippen molar-refractivity contribution in [1.29, 1.82) is 0 Å². The number of hydrogen-bond acceptors (Lipinski definition) is 17. The fraction of sp³-hybridized carbons (Fsp3) is 0.781. The molecule has 5 heterocycles. The number of rotatable bonds is 18. The van der Waals surface area contributed by atoms with Gasteiger partial charge in [0.05, 0.1) is 25.0 Å². The van der Waals surface area contributed by atoms with Crippen LogP contribution in [0.4, 0.5) is 10.6 Å². The second-order valence-corrected chi connectivity index (χ2v) is 17.3. The van der Waals surface area contributed by atoms with Crippen LogP contribution in [-0.4, -0.2) is 149 Å². The van der Waals surface area contributed by atoms with Crippen LogP contribution in [0.15, 0.2) is 12.7 Å². The van der Waals surface area contributed by atoms with Crippen molar-refractivity contribution in [2.45, 2.75) is 109 Å². The summed E-state index contributed by atoms with van der Waals surface area (Å²) in [5.41, 5.74) is 6.15. The van der Waals surface area contributed by atoms with Crippen molar-refractivity contribution < 1.29 is 56.8 Å². The third-order valence-electron chi connectivity index (χ3n) is 9.56. The lowest BCUT2D eigenvalue weighted by Crippen LogP contribution is -2.36. The Bertz CT molecular complexity index is 1620. The van der Waals surface area contributed by atoms with Crippen LogP contribution in [0, 0.1) is 0 Å². The van der Waals surface area contributed by atoms with Crippen LogP contribution in [0.3, 0.4) is 0 Å². The molecule has 0 radical (unpaired) electrons. The molecule has 8 unspecified atom stereocenters. The molecule has 9 atom stereocenters. The molecular weight excluding hydrogens is 796 g/mol. The van der Waals surface area contributed by atoms with Gasteiger partial charge in [-0.15, -0.1) is 0 Å². The topological polar surface area (TPSA) is 286 Å². The highest BCUT2D eigenvalue weighted by molar-refractivity contribution is 8.00. The van der Waals surface area contributed by atoms with Crippen LogP contribution in [0.5, 0.6) is 0 Å². The molecular formula is C32H59N9O12P2S. The maximum absolute atomic E-state index is 12.3. The summed E-state index contributed by atoms with van der Waals surface area (Å²) in [6.45, 7) is 19.4. The minimum atomic E-state index is -5.37. The van der Waals surface area contributed by atoms with Gasteiger partial charge >= 0.3 is 27.6 Å². The van der Waals surface area contributed by atoms with Gasteiger partial charge in [-0.2, -0.15) is 16.1 Å². The number of carbonyl (C=O) groups is 2. The molecule has 0 aliphatic carbocycles. The maximum Gasteiger partial charge on any atom is 0.538 e. The van der Waals surface area contributed by atoms with Crippen molar-refractivity contribution in [3.8, 4) is 0 Å². The minimum absolute atomic E-state index is 0.00353. The van der Waals surface area contributed by atoms with Crippen molar-refractivity contribution in [3.63, 3.8) is 0 Å². The lowest BCUT2D eigenvalue weighted by molar-refractivity contribution is -0.135. The number of fused-ring (bicyclic) bond motifs is 2. The molecule has 3 fully saturated rings. The number of hydrogen-bond donors (Lipinski definition) is 7. The standard InChI is InChI=1S/C20H29N7O12P2S.2C6H15N/c21-17-14-18(23-7-22-17)27(8-24-14)19-16(30)15(29)10(37-19)5-36-40(32,33)39-41(34,35)38-12(28)4-2-1-3-11-13-9(6-42-11)25-20(31)26-13;2*1-4-7(5-2)6-3/h7-11,13,15-16,19,29-30H,1-6H2,(H,32,33)(H,34,35)(H2,21,22,23)(H2,25,26,31);2*4-6H2,1-3H3/t9?,10?,11-,13?,15?,16?,19?;;/m0../s1. The number of anilines is 1. The first-order valence-electron chi connectivity index (χ1n) is 18.8. The predicted octanol–water partition coefficient (Wildman–Crippen LogP) is 2.23. The Morgan fingerprint density at radius 1 is 0.964 bits per heavy atom. The number of thioether (sulfide) groups is 1. The number of nitrogens with zero attached hydrogens (tertiary/aromatic N) is 6. The highest BCUT2D eigenvalue weighted by atomic mass is 32.2. The van der Waals surface area contributed by atoms with Gasteiger partial charge in [0.2, 0.25) is 0 Å². The van der Waals surface area contributed by atoms with E-state index in [1.165, 1.54) is 50.2 Å².